The maximum absolute atomic E-state index is 6.16. The lowest BCUT2D eigenvalue weighted by atomic mass is 9.64. The van der Waals surface area contributed by atoms with E-state index in [1.807, 2.05) is 0 Å². The van der Waals surface area contributed by atoms with Gasteiger partial charge in [0.25, 0.3) is 0 Å². The summed E-state index contributed by atoms with van der Waals surface area (Å²) in [5.74, 6) is 3.32. The van der Waals surface area contributed by atoms with Crippen LogP contribution in [0.25, 0.3) is 0 Å². The van der Waals surface area contributed by atoms with E-state index in [1.54, 1.807) is 0 Å². The molecule has 6 aliphatic rings. The molecule has 6 fully saturated rings. The highest BCUT2D eigenvalue weighted by atomic mass is 15.2. The number of fused-ring (bicyclic) bond motifs is 6. The zero-order chi connectivity index (χ0) is 21.5. The van der Waals surface area contributed by atoms with Gasteiger partial charge in [-0.25, -0.2) is 0 Å². The van der Waals surface area contributed by atoms with Crippen LogP contribution in [0, 0.1) is 17.8 Å². The molecule has 7 rings (SSSR count). The molecule has 0 spiro atoms. The SMILES string of the molecule is C.CC1(C)[C@@H](N)C2CCN1CC2.C[C@H](C[C@H]1C2CCN(CC2)C1(C)C)c1ccccc1. The molecule has 176 valence electrons. The van der Waals surface area contributed by atoms with Gasteiger partial charge in [0.2, 0.25) is 0 Å². The minimum atomic E-state index is 0. The monoisotopic (exact) mass is 427 g/mol. The largest absolute Gasteiger partial charge is 0.326 e. The van der Waals surface area contributed by atoms with Crippen molar-refractivity contribution in [3.05, 3.63) is 35.9 Å². The molecule has 3 nitrogen and oxygen atoms in total. The molecule has 0 aliphatic carbocycles. The summed E-state index contributed by atoms with van der Waals surface area (Å²) in [7, 11) is 0. The lowest BCUT2D eigenvalue weighted by molar-refractivity contribution is -0.0698. The van der Waals surface area contributed by atoms with Gasteiger partial charge >= 0.3 is 0 Å². The molecule has 4 bridgehead atoms. The lowest BCUT2D eigenvalue weighted by Crippen LogP contribution is -2.67. The van der Waals surface area contributed by atoms with E-state index < -0.39 is 0 Å². The Morgan fingerprint density at radius 3 is 1.74 bits per heavy atom. The van der Waals surface area contributed by atoms with E-state index in [0.29, 0.717) is 17.5 Å². The molecule has 3 atom stereocenters. The van der Waals surface area contributed by atoms with Crippen molar-refractivity contribution < 1.29 is 0 Å². The Hall–Kier alpha value is -0.900. The molecule has 6 heterocycles. The number of rotatable bonds is 3. The second-order valence-electron chi connectivity index (χ2n) is 11.6. The molecule has 6 aliphatic heterocycles. The fourth-order valence-corrected chi connectivity index (χ4v) is 7.09. The van der Waals surface area contributed by atoms with Crippen molar-refractivity contribution in [1.82, 2.24) is 9.80 Å². The predicted octanol–water partition coefficient (Wildman–Crippen LogP) is 5.75. The van der Waals surface area contributed by atoms with E-state index in [-0.39, 0.29) is 13.0 Å². The van der Waals surface area contributed by atoms with Gasteiger partial charge in [0, 0.05) is 17.1 Å². The van der Waals surface area contributed by atoms with Crippen LogP contribution in [0.3, 0.4) is 0 Å². The van der Waals surface area contributed by atoms with Gasteiger partial charge in [-0.15, -0.1) is 0 Å². The molecule has 3 heteroatoms. The second kappa shape index (κ2) is 9.53. The average Bonchev–Trinajstić information content (AvgIpc) is 2.76. The minimum absolute atomic E-state index is 0. The van der Waals surface area contributed by atoms with E-state index in [2.05, 4.69) is 74.8 Å². The third-order valence-corrected chi connectivity index (χ3v) is 9.49. The smallest absolute Gasteiger partial charge is 0.0306 e. The summed E-state index contributed by atoms with van der Waals surface area (Å²) in [5.41, 5.74) is 8.34. The third kappa shape index (κ3) is 4.75. The molecule has 0 radical (unpaired) electrons. The first kappa shape index (κ1) is 24.7. The summed E-state index contributed by atoms with van der Waals surface area (Å²) >= 11 is 0. The molecule has 0 aromatic heterocycles. The van der Waals surface area contributed by atoms with Crippen LogP contribution >= 0.6 is 0 Å². The summed E-state index contributed by atoms with van der Waals surface area (Å²) in [6, 6.07) is 11.5. The van der Waals surface area contributed by atoms with Gasteiger partial charge < -0.3 is 5.73 Å². The first-order chi connectivity index (χ1) is 14.2. The molecule has 31 heavy (non-hydrogen) atoms. The van der Waals surface area contributed by atoms with Gasteiger partial charge in [0.15, 0.2) is 0 Å². The van der Waals surface area contributed by atoms with Crippen molar-refractivity contribution >= 4 is 0 Å². The number of benzene rings is 1. The molecule has 1 aromatic carbocycles. The first-order valence-electron chi connectivity index (χ1n) is 12.5. The van der Waals surface area contributed by atoms with Crippen LogP contribution in [-0.4, -0.2) is 53.1 Å². The number of piperidine rings is 6. The Labute approximate surface area is 192 Å². The fourth-order valence-electron chi connectivity index (χ4n) is 7.09. The molecular weight excluding hydrogens is 378 g/mol. The molecule has 6 saturated heterocycles. The highest BCUT2D eigenvalue weighted by molar-refractivity contribution is 5.19. The highest BCUT2D eigenvalue weighted by Gasteiger charge is 2.47. The van der Waals surface area contributed by atoms with Crippen LogP contribution in [0.1, 0.15) is 85.6 Å². The summed E-state index contributed by atoms with van der Waals surface area (Å²) in [5, 5.41) is 0. The molecule has 2 N–H and O–H groups in total. The van der Waals surface area contributed by atoms with Gasteiger partial charge in [-0.3, -0.25) is 9.80 Å². The summed E-state index contributed by atoms with van der Waals surface area (Å²) in [6.07, 6.45) is 6.85. The van der Waals surface area contributed by atoms with Crippen LogP contribution in [0.2, 0.25) is 0 Å². The van der Waals surface area contributed by atoms with Crippen molar-refractivity contribution in [3.8, 4) is 0 Å². The summed E-state index contributed by atoms with van der Waals surface area (Å²) in [6.45, 7) is 17.1. The van der Waals surface area contributed by atoms with E-state index in [4.69, 9.17) is 5.73 Å². The zero-order valence-electron chi connectivity index (χ0n) is 20.1. The number of nitrogens with two attached hydrogens (primary N) is 1. The Kier molecular flexibility index (Phi) is 7.61. The Morgan fingerprint density at radius 1 is 0.839 bits per heavy atom. The van der Waals surface area contributed by atoms with Crippen LogP contribution in [0.4, 0.5) is 0 Å². The first-order valence-corrected chi connectivity index (χ1v) is 12.5. The zero-order valence-corrected chi connectivity index (χ0v) is 20.1. The highest BCUT2D eigenvalue weighted by Crippen LogP contribution is 2.47. The predicted molar refractivity (Wildman–Crippen MR) is 134 cm³/mol. The van der Waals surface area contributed by atoms with Crippen molar-refractivity contribution in [2.45, 2.75) is 97.2 Å². The standard InChI is InChI=1S/C18H27N.C9H18N2.CH4/c1-14(15-7-5-4-6-8-15)13-17-16-9-11-19(12-10-16)18(17,2)3;1-9(2)8(10)7-3-5-11(9)6-4-7;/h4-8,14,16-17H,9-13H2,1-3H3;7-8H,3-6,10H2,1-2H3;1H4/t14-,17+;8-;/m10./s1. The van der Waals surface area contributed by atoms with Crippen molar-refractivity contribution in [2.75, 3.05) is 26.2 Å². The second-order valence-corrected chi connectivity index (χ2v) is 11.6. The maximum Gasteiger partial charge on any atom is 0.0306 e. The van der Waals surface area contributed by atoms with E-state index >= 15 is 0 Å². The fraction of sp³-hybridized carbons (Fsp3) is 0.786. The normalized spacial score (nSPS) is 37.9. The van der Waals surface area contributed by atoms with Crippen LogP contribution < -0.4 is 5.73 Å². The van der Waals surface area contributed by atoms with Gasteiger partial charge in [-0.1, -0.05) is 44.7 Å². The van der Waals surface area contributed by atoms with Gasteiger partial charge in [-0.05, 0) is 115 Å². The van der Waals surface area contributed by atoms with Gasteiger partial charge in [0.1, 0.15) is 0 Å². The van der Waals surface area contributed by atoms with Crippen molar-refractivity contribution in [1.29, 1.82) is 0 Å². The van der Waals surface area contributed by atoms with Crippen molar-refractivity contribution in [2.24, 2.45) is 23.5 Å². The number of hydrogen-bond acceptors (Lipinski definition) is 3. The maximum atomic E-state index is 6.16. The molecule has 0 amide bonds. The summed E-state index contributed by atoms with van der Waals surface area (Å²) < 4.78 is 0. The number of hydrogen-bond donors (Lipinski definition) is 1. The van der Waals surface area contributed by atoms with E-state index in [0.717, 1.165) is 17.8 Å². The topological polar surface area (TPSA) is 32.5 Å². The Balaban J connectivity index is 0.000000194. The van der Waals surface area contributed by atoms with Crippen LogP contribution in [0.15, 0.2) is 30.3 Å². The molecule has 1 aromatic rings. The third-order valence-electron chi connectivity index (χ3n) is 9.49. The van der Waals surface area contributed by atoms with Gasteiger partial charge in [0.05, 0.1) is 0 Å². The Morgan fingerprint density at radius 2 is 1.32 bits per heavy atom. The quantitative estimate of drug-likeness (QED) is 0.666. The van der Waals surface area contributed by atoms with Crippen LogP contribution in [-0.2, 0) is 0 Å². The van der Waals surface area contributed by atoms with E-state index in [9.17, 15) is 0 Å². The van der Waals surface area contributed by atoms with Crippen molar-refractivity contribution in [3.63, 3.8) is 0 Å². The van der Waals surface area contributed by atoms with Crippen LogP contribution in [0.5, 0.6) is 0 Å². The van der Waals surface area contributed by atoms with E-state index in [1.165, 1.54) is 63.8 Å². The van der Waals surface area contributed by atoms with Gasteiger partial charge in [-0.2, -0.15) is 0 Å². The average molecular weight is 428 g/mol. The Bertz CT molecular complexity index is 677. The molecular formula is C28H49N3. The molecule has 0 saturated carbocycles. The lowest BCUT2D eigenvalue weighted by Gasteiger charge is -2.57. The summed E-state index contributed by atoms with van der Waals surface area (Å²) in [4.78, 5) is 5.27. The molecule has 0 unspecified atom stereocenters. The minimum Gasteiger partial charge on any atom is -0.326 e. The number of nitrogens with zero attached hydrogens (tertiary/aromatic N) is 2.